The summed E-state index contributed by atoms with van der Waals surface area (Å²) >= 11 is 3.33. The van der Waals surface area contributed by atoms with Crippen LogP contribution in [0.4, 0.5) is 11.5 Å². The molecule has 1 N–H and O–H groups in total. The number of anilines is 2. The van der Waals surface area contributed by atoms with Crippen LogP contribution in [0.3, 0.4) is 0 Å². The Morgan fingerprint density at radius 2 is 1.69 bits per heavy atom. The summed E-state index contributed by atoms with van der Waals surface area (Å²) in [5, 5.41) is 12.1. The molecule has 0 saturated heterocycles. The van der Waals surface area contributed by atoms with Gasteiger partial charge >= 0.3 is 0 Å². The highest BCUT2D eigenvalue weighted by Crippen LogP contribution is 2.30. The minimum atomic E-state index is -3.92. The molecule has 32 heavy (non-hydrogen) atoms. The fourth-order valence-corrected chi connectivity index (χ4v) is 4.99. The van der Waals surface area contributed by atoms with Gasteiger partial charge in [-0.25, -0.2) is 13.4 Å². The van der Waals surface area contributed by atoms with Gasteiger partial charge in [0.05, 0.1) is 10.4 Å². The number of nitrogens with zero attached hydrogens (tertiary/aromatic N) is 4. The zero-order valence-electron chi connectivity index (χ0n) is 17.2. The number of rotatable bonds is 4. The van der Waals surface area contributed by atoms with Crippen molar-refractivity contribution < 1.29 is 8.42 Å². The Morgan fingerprint density at radius 1 is 0.938 bits per heavy atom. The smallest absolute Gasteiger partial charge is 0.229 e. The molecule has 0 radical (unpaired) electrons. The normalized spacial score (nSPS) is 11.8. The molecule has 0 saturated carbocycles. The van der Waals surface area contributed by atoms with Crippen molar-refractivity contribution in [1.82, 2.24) is 19.8 Å². The third-order valence-electron chi connectivity index (χ3n) is 5.37. The number of sulfone groups is 1. The van der Waals surface area contributed by atoms with E-state index in [-0.39, 0.29) is 15.6 Å². The van der Waals surface area contributed by atoms with E-state index in [0.29, 0.717) is 11.3 Å². The number of fused-ring (bicyclic) bond motifs is 3. The Balaban J connectivity index is 1.72. The van der Waals surface area contributed by atoms with Gasteiger partial charge in [-0.3, -0.25) is 0 Å². The third kappa shape index (κ3) is 3.43. The van der Waals surface area contributed by atoms with E-state index in [9.17, 15) is 8.42 Å². The highest BCUT2D eigenvalue weighted by molar-refractivity contribution is 9.10. The van der Waals surface area contributed by atoms with E-state index >= 15 is 0 Å². The van der Waals surface area contributed by atoms with Gasteiger partial charge in [0.2, 0.25) is 14.9 Å². The number of hydrogen-bond donors (Lipinski definition) is 1. The average Bonchev–Trinajstić information content (AvgIpc) is 3.22. The molecular weight excluding hydrogens is 490 g/mol. The molecule has 7 nitrogen and oxygen atoms in total. The molecule has 5 rings (SSSR count). The van der Waals surface area contributed by atoms with E-state index in [1.54, 1.807) is 12.1 Å². The first-order chi connectivity index (χ1) is 15.3. The monoisotopic (exact) mass is 507 g/mol. The molecule has 0 fully saturated rings. The van der Waals surface area contributed by atoms with Crippen LogP contribution in [0.5, 0.6) is 0 Å². The number of aryl methyl sites for hydroxylation is 2. The third-order valence-corrected chi connectivity index (χ3v) is 7.56. The highest BCUT2D eigenvalue weighted by Gasteiger charge is 2.27. The van der Waals surface area contributed by atoms with Gasteiger partial charge in [0.15, 0.2) is 5.65 Å². The predicted molar refractivity (Wildman–Crippen MR) is 127 cm³/mol. The SMILES string of the molecule is Cc1ccc(Nc2nc3c(S(=O)(=O)c4ccc(Br)cc4)nnn3c3ccccc23)cc1C. The van der Waals surface area contributed by atoms with Crippen LogP contribution in [0.15, 0.2) is 81.1 Å². The maximum absolute atomic E-state index is 13.3. The fraction of sp³-hybridized carbons (Fsp3) is 0.0870. The van der Waals surface area contributed by atoms with E-state index in [0.717, 1.165) is 21.1 Å². The summed E-state index contributed by atoms with van der Waals surface area (Å²) in [5.74, 6) is 0.533. The quantitative estimate of drug-likeness (QED) is 0.358. The van der Waals surface area contributed by atoms with Crippen LogP contribution in [0.2, 0.25) is 0 Å². The molecule has 0 unspecified atom stereocenters. The molecule has 2 heterocycles. The summed E-state index contributed by atoms with van der Waals surface area (Å²) in [5.41, 5.74) is 4.06. The van der Waals surface area contributed by atoms with Crippen LogP contribution in [0.1, 0.15) is 11.1 Å². The van der Waals surface area contributed by atoms with Crippen molar-refractivity contribution in [3.8, 4) is 0 Å². The summed E-state index contributed by atoms with van der Waals surface area (Å²) < 4.78 is 28.9. The number of aromatic nitrogens is 4. The molecule has 0 amide bonds. The van der Waals surface area contributed by atoms with Crippen LogP contribution >= 0.6 is 15.9 Å². The van der Waals surface area contributed by atoms with Gasteiger partial charge in [0.25, 0.3) is 0 Å². The number of nitrogens with one attached hydrogen (secondary N) is 1. The van der Waals surface area contributed by atoms with Crippen LogP contribution < -0.4 is 5.32 Å². The van der Waals surface area contributed by atoms with Crippen LogP contribution in [-0.4, -0.2) is 28.2 Å². The van der Waals surface area contributed by atoms with Crippen LogP contribution in [0, 0.1) is 13.8 Å². The molecule has 9 heteroatoms. The summed E-state index contributed by atoms with van der Waals surface area (Å²) in [4.78, 5) is 4.79. The van der Waals surface area contributed by atoms with Crippen molar-refractivity contribution in [1.29, 1.82) is 0 Å². The minimum Gasteiger partial charge on any atom is -0.340 e. The first-order valence-electron chi connectivity index (χ1n) is 9.84. The molecule has 5 aromatic rings. The minimum absolute atomic E-state index is 0.127. The highest BCUT2D eigenvalue weighted by atomic mass is 79.9. The predicted octanol–water partition coefficient (Wildman–Crippen LogP) is 5.23. The van der Waals surface area contributed by atoms with Crippen molar-refractivity contribution in [3.05, 3.63) is 82.3 Å². The summed E-state index contributed by atoms with van der Waals surface area (Å²) in [6.07, 6.45) is 0. The molecule has 0 aliphatic rings. The topological polar surface area (TPSA) is 89.2 Å². The van der Waals surface area contributed by atoms with Crippen molar-refractivity contribution >= 4 is 53.8 Å². The van der Waals surface area contributed by atoms with Gasteiger partial charge < -0.3 is 5.32 Å². The van der Waals surface area contributed by atoms with E-state index in [1.807, 2.05) is 49.4 Å². The van der Waals surface area contributed by atoms with E-state index in [2.05, 4.69) is 43.5 Å². The molecular formula is C23H18BrN5O2S. The van der Waals surface area contributed by atoms with E-state index in [4.69, 9.17) is 0 Å². The molecule has 0 atom stereocenters. The zero-order valence-corrected chi connectivity index (χ0v) is 19.6. The van der Waals surface area contributed by atoms with Crippen LogP contribution in [-0.2, 0) is 9.84 Å². The van der Waals surface area contributed by atoms with Gasteiger partial charge in [-0.1, -0.05) is 39.3 Å². The first kappa shape index (κ1) is 20.6. The van der Waals surface area contributed by atoms with Crippen molar-refractivity contribution in [2.45, 2.75) is 23.8 Å². The van der Waals surface area contributed by atoms with Crippen molar-refractivity contribution in [2.75, 3.05) is 5.32 Å². The molecule has 0 aliphatic heterocycles. The summed E-state index contributed by atoms with van der Waals surface area (Å²) in [6.45, 7) is 4.09. The average molecular weight is 508 g/mol. The molecule has 2 aromatic heterocycles. The zero-order chi connectivity index (χ0) is 22.5. The molecule has 0 aliphatic carbocycles. The van der Waals surface area contributed by atoms with Crippen molar-refractivity contribution in [3.63, 3.8) is 0 Å². The second kappa shape index (κ2) is 7.68. The standard InChI is InChI=1S/C23H18BrN5O2S/c1-14-7-10-17(13-15(14)2)25-21-19-5-3-4-6-20(19)29-22(26-21)23(27-28-29)32(30,31)18-11-8-16(24)9-12-18/h3-13H,1-2H3,(H,25,26). The van der Waals surface area contributed by atoms with Gasteiger partial charge in [0, 0.05) is 15.5 Å². The Morgan fingerprint density at radius 3 is 2.44 bits per heavy atom. The first-order valence-corrected chi connectivity index (χ1v) is 12.1. The lowest BCUT2D eigenvalue weighted by Gasteiger charge is -2.12. The Labute approximate surface area is 193 Å². The second-order valence-corrected chi connectivity index (χ2v) is 10.3. The maximum Gasteiger partial charge on any atom is 0.229 e. The number of halogens is 1. The second-order valence-electron chi connectivity index (χ2n) is 7.49. The van der Waals surface area contributed by atoms with Gasteiger partial charge in [0.1, 0.15) is 5.82 Å². The number of hydrogen-bond acceptors (Lipinski definition) is 6. The van der Waals surface area contributed by atoms with E-state index in [1.165, 1.54) is 22.2 Å². The maximum atomic E-state index is 13.3. The van der Waals surface area contributed by atoms with Gasteiger partial charge in [-0.05, 0) is 73.5 Å². The molecule has 0 bridgehead atoms. The summed E-state index contributed by atoms with van der Waals surface area (Å²) in [7, 11) is -3.92. The lowest BCUT2D eigenvalue weighted by Crippen LogP contribution is -2.05. The number of para-hydroxylation sites is 1. The Bertz CT molecular complexity index is 1590. The van der Waals surface area contributed by atoms with Gasteiger partial charge in [-0.2, -0.15) is 4.52 Å². The van der Waals surface area contributed by atoms with Crippen molar-refractivity contribution in [2.24, 2.45) is 0 Å². The van der Waals surface area contributed by atoms with Gasteiger partial charge in [-0.15, -0.1) is 5.10 Å². The lowest BCUT2D eigenvalue weighted by atomic mass is 10.1. The van der Waals surface area contributed by atoms with Crippen LogP contribution in [0.25, 0.3) is 16.6 Å². The Kier molecular flexibility index (Phi) is 4.94. The number of benzene rings is 3. The lowest BCUT2D eigenvalue weighted by molar-refractivity contribution is 0.592. The largest absolute Gasteiger partial charge is 0.340 e. The fourth-order valence-electron chi connectivity index (χ4n) is 3.50. The molecule has 160 valence electrons. The van der Waals surface area contributed by atoms with E-state index < -0.39 is 9.84 Å². The molecule has 3 aromatic carbocycles. The Hall–Kier alpha value is -3.30. The molecule has 0 spiro atoms. The summed E-state index contributed by atoms with van der Waals surface area (Å²) in [6, 6.07) is 20.0.